The van der Waals surface area contributed by atoms with Crippen LogP contribution in [0, 0.1) is 13.8 Å². The van der Waals surface area contributed by atoms with Gasteiger partial charge in [0, 0.05) is 24.8 Å². The van der Waals surface area contributed by atoms with E-state index in [0.717, 1.165) is 10.5 Å². The SMILES string of the molecule is CCNC(=O)c1ccc(C)c(N=C(N)c2[nH]cc(C(=O)N(CC)C(=O)OCOC(=O)C(C)O)c2C)c1. The maximum Gasteiger partial charge on any atom is 0.419 e. The third kappa shape index (κ3) is 6.69. The zero-order valence-corrected chi connectivity index (χ0v) is 20.9. The largest absolute Gasteiger partial charge is 0.426 e. The molecule has 1 heterocycles. The van der Waals surface area contributed by atoms with Gasteiger partial charge in [-0.2, -0.15) is 0 Å². The van der Waals surface area contributed by atoms with Crippen molar-refractivity contribution < 1.29 is 33.8 Å². The smallest absolute Gasteiger partial charge is 0.419 e. The first-order valence-electron chi connectivity index (χ1n) is 11.3. The van der Waals surface area contributed by atoms with Crippen molar-refractivity contribution in [3.8, 4) is 0 Å². The number of ether oxygens (including phenoxy) is 2. The fourth-order valence-electron chi connectivity index (χ4n) is 3.14. The van der Waals surface area contributed by atoms with Gasteiger partial charge in [-0.05, 0) is 57.9 Å². The van der Waals surface area contributed by atoms with E-state index >= 15 is 0 Å². The van der Waals surface area contributed by atoms with Crippen molar-refractivity contribution >= 4 is 35.4 Å². The first-order chi connectivity index (χ1) is 17.0. The second-order valence-corrected chi connectivity index (χ2v) is 7.78. The van der Waals surface area contributed by atoms with Crippen LogP contribution in [0.5, 0.6) is 0 Å². The van der Waals surface area contributed by atoms with Gasteiger partial charge in [0.2, 0.25) is 6.79 Å². The number of aliphatic hydroxyl groups is 1. The summed E-state index contributed by atoms with van der Waals surface area (Å²) in [5.74, 6) is -1.78. The Morgan fingerprint density at radius 1 is 1.19 bits per heavy atom. The number of rotatable bonds is 9. The van der Waals surface area contributed by atoms with Gasteiger partial charge in [0.05, 0.1) is 16.9 Å². The Morgan fingerprint density at radius 2 is 1.89 bits per heavy atom. The molecule has 3 amide bonds. The molecule has 0 saturated heterocycles. The molecule has 0 aliphatic carbocycles. The van der Waals surface area contributed by atoms with Crippen LogP contribution >= 0.6 is 0 Å². The number of nitrogens with zero attached hydrogens (tertiary/aromatic N) is 2. The summed E-state index contributed by atoms with van der Waals surface area (Å²) in [6.45, 7) is 7.79. The maximum atomic E-state index is 13.0. The van der Waals surface area contributed by atoms with Gasteiger partial charge in [-0.15, -0.1) is 0 Å². The minimum Gasteiger partial charge on any atom is -0.426 e. The lowest BCUT2D eigenvalue weighted by molar-refractivity contribution is -0.161. The molecule has 1 unspecified atom stereocenters. The summed E-state index contributed by atoms with van der Waals surface area (Å²) in [5.41, 5.74) is 8.92. The third-order valence-corrected chi connectivity index (χ3v) is 5.18. The second-order valence-electron chi connectivity index (χ2n) is 7.78. The van der Waals surface area contributed by atoms with Crippen LogP contribution in [0.1, 0.15) is 58.3 Å². The molecule has 12 heteroatoms. The fraction of sp³-hybridized carbons (Fsp3) is 0.375. The van der Waals surface area contributed by atoms with Crippen LogP contribution in [0.25, 0.3) is 0 Å². The number of nitrogens with one attached hydrogen (secondary N) is 2. The number of aryl methyl sites for hydroxylation is 1. The van der Waals surface area contributed by atoms with Gasteiger partial charge in [-0.3, -0.25) is 9.59 Å². The molecule has 0 aliphatic rings. The van der Waals surface area contributed by atoms with E-state index in [1.54, 1.807) is 32.0 Å². The number of aromatic amines is 1. The predicted octanol–water partition coefficient (Wildman–Crippen LogP) is 1.90. The number of amidine groups is 1. The van der Waals surface area contributed by atoms with Gasteiger partial charge in [0.25, 0.3) is 11.8 Å². The monoisotopic (exact) mass is 501 g/mol. The first-order valence-corrected chi connectivity index (χ1v) is 11.3. The van der Waals surface area contributed by atoms with Crippen LogP contribution in [0.3, 0.4) is 0 Å². The van der Waals surface area contributed by atoms with Crippen molar-refractivity contribution in [3.05, 3.63) is 52.3 Å². The summed E-state index contributed by atoms with van der Waals surface area (Å²) < 4.78 is 9.40. The highest BCUT2D eigenvalue weighted by atomic mass is 16.7. The molecule has 1 aromatic heterocycles. The van der Waals surface area contributed by atoms with E-state index in [4.69, 9.17) is 15.6 Å². The molecule has 2 aromatic rings. The number of carbonyl (C=O) groups excluding carboxylic acids is 4. The zero-order chi connectivity index (χ0) is 27.0. The van der Waals surface area contributed by atoms with Gasteiger partial charge in [0.1, 0.15) is 11.9 Å². The molecule has 36 heavy (non-hydrogen) atoms. The lowest BCUT2D eigenvalue weighted by atomic mass is 10.1. The highest BCUT2D eigenvalue weighted by molar-refractivity contribution is 6.07. The number of aliphatic hydroxyl groups excluding tert-OH is 1. The van der Waals surface area contributed by atoms with Crippen LogP contribution in [0.4, 0.5) is 10.5 Å². The number of amides is 3. The number of hydrogen-bond acceptors (Lipinski definition) is 8. The van der Waals surface area contributed by atoms with Gasteiger partial charge >= 0.3 is 12.1 Å². The van der Waals surface area contributed by atoms with Crippen LogP contribution < -0.4 is 11.1 Å². The first kappa shape index (κ1) is 28.1. The number of aromatic nitrogens is 1. The van der Waals surface area contributed by atoms with Crippen molar-refractivity contribution in [3.63, 3.8) is 0 Å². The molecule has 0 saturated carbocycles. The van der Waals surface area contributed by atoms with Crippen molar-refractivity contribution in [1.29, 1.82) is 0 Å². The predicted molar refractivity (Wildman–Crippen MR) is 131 cm³/mol. The van der Waals surface area contributed by atoms with Gasteiger partial charge in [-0.25, -0.2) is 19.5 Å². The minimum absolute atomic E-state index is 0.0165. The number of benzene rings is 1. The molecule has 194 valence electrons. The summed E-state index contributed by atoms with van der Waals surface area (Å²) in [7, 11) is 0. The Labute approximate surface area is 208 Å². The summed E-state index contributed by atoms with van der Waals surface area (Å²) in [6, 6.07) is 5.07. The van der Waals surface area contributed by atoms with E-state index in [2.05, 4.69) is 20.0 Å². The zero-order valence-electron chi connectivity index (χ0n) is 20.9. The normalized spacial score (nSPS) is 12.0. The molecule has 0 spiro atoms. The molecule has 0 bridgehead atoms. The Balaban J connectivity index is 2.23. The fourth-order valence-corrected chi connectivity index (χ4v) is 3.14. The Hall–Kier alpha value is -4.19. The molecule has 12 nitrogen and oxygen atoms in total. The standard InChI is InChI=1S/C24H31N5O7/c1-6-26-21(31)16-9-8-13(3)18(10-16)28-20(25)19-14(4)17(11-27-19)22(32)29(7-2)24(34)36-12-35-23(33)15(5)30/h8-11,15,27,30H,6-7,12H2,1-5H3,(H2,25,28)(H,26,31). The molecule has 1 aromatic carbocycles. The van der Waals surface area contributed by atoms with Crippen LogP contribution in [-0.2, 0) is 14.3 Å². The van der Waals surface area contributed by atoms with E-state index in [1.165, 1.54) is 13.1 Å². The Bertz CT molecular complexity index is 1170. The van der Waals surface area contributed by atoms with Crippen LogP contribution in [-0.4, -0.2) is 70.7 Å². The van der Waals surface area contributed by atoms with Crippen molar-refractivity contribution in [1.82, 2.24) is 15.2 Å². The maximum absolute atomic E-state index is 13.0. The van der Waals surface area contributed by atoms with Gasteiger partial charge in [0.15, 0.2) is 0 Å². The topological polar surface area (TPSA) is 176 Å². The summed E-state index contributed by atoms with van der Waals surface area (Å²) in [6.07, 6.45) is -1.00. The highest BCUT2D eigenvalue weighted by Gasteiger charge is 2.27. The van der Waals surface area contributed by atoms with Crippen LogP contribution in [0.15, 0.2) is 29.4 Å². The molecule has 5 N–H and O–H groups in total. The van der Waals surface area contributed by atoms with E-state index in [9.17, 15) is 19.2 Å². The average Bonchev–Trinajstić information content (AvgIpc) is 3.22. The molecule has 0 aliphatic heterocycles. The van der Waals surface area contributed by atoms with E-state index in [1.807, 2.05) is 13.8 Å². The summed E-state index contributed by atoms with van der Waals surface area (Å²) >= 11 is 0. The molecule has 2 rings (SSSR count). The Morgan fingerprint density at radius 3 is 2.50 bits per heavy atom. The average molecular weight is 502 g/mol. The van der Waals surface area contributed by atoms with Crippen molar-refractivity contribution in [2.45, 2.75) is 40.7 Å². The lowest BCUT2D eigenvalue weighted by Crippen LogP contribution is -2.38. The number of aliphatic imine (C=N–C) groups is 1. The quantitative estimate of drug-likeness (QED) is 0.174. The minimum atomic E-state index is -1.37. The van der Waals surface area contributed by atoms with E-state index in [0.29, 0.717) is 29.1 Å². The summed E-state index contributed by atoms with van der Waals surface area (Å²) in [5, 5.41) is 11.8. The van der Waals surface area contributed by atoms with Crippen molar-refractivity contribution in [2.75, 3.05) is 19.9 Å². The third-order valence-electron chi connectivity index (χ3n) is 5.18. The second kappa shape index (κ2) is 12.5. The summed E-state index contributed by atoms with van der Waals surface area (Å²) in [4.78, 5) is 56.9. The number of hydrogen-bond donors (Lipinski definition) is 4. The number of carbonyl (C=O) groups is 4. The highest BCUT2D eigenvalue weighted by Crippen LogP contribution is 2.23. The van der Waals surface area contributed by atoms with E-state index < -0.39 is 30.9 Å². The lowest BCUT2D eigenvalue weighted by Gasteiger charge is -2.18. The number of H-pyrrole nitrogens is 1. The number of nitrogens with two attached hydrogens (primary N) is 1. The molecular formula is C24H31N5O7. The number of esters is 1. The molecule has 0 fully saturated rings. The molecule has 1 atom stereocenters. The van der Waals surface area contributed by atoms with Gasteiger partial charge in [-0.1, -0.05) is 6.07 Å². The molecule has 0 radical (unpaired) electrons. The molecular weight excluding hydrogens is 470 g/mol. The van der Waals surface area contributed by atoms with Gasteiger partial charge < -0.3 is 30.6 Å². The number of imide groups is 1. The van der Waals surface area contributed by atoms with Crippen molar-refractivity contribution in [2.24, 2.45) is 10.7 Å². The van der Waals surface area contributed by atoms with E-state index in [-0.39, 0.29) is 23.9 Å². The van der Waals surface area contributed by atoms with Crippen LogP contribution in [0.2, 0.25) is 0 Å². The Kier molecular flexibility index (Phi) is 9.74.